The van der Waals surface area contributed by atoms with Crippen molar-refractivity contribution in [2.24, 2.45) is 5.92 Å². The second-order valence-electron chi connectivity index (χ2n) is 7.48. The highest BCUT2D eigenvalue weighted by molar-refractivity contribution is 5.98. The number of ether oxygens (including phenoxy) is 1. The second-order valence-corrected chi connectivity index (χ2v) is 7.48. The molecule has 1 saturated heterocycles. The minimum Gasteiger partial charge on any atom is -0.481 e. The first-order chi connectivity index (χ1) is 13.0. The largest absolute Gasteiger partial charge is 0.481 e. The van der Waals surface area contributed by atoms with Gasteiger partial charge in [-0.25, -0.2) is 0 Å². The molecule has 3 rings (SSSR count). The molecule has 1 aromatic rings. The smallest absolute Gasteiger partial charge is 0.313 e. The van der Waals surface area contributed by atoms with Crippen LogP contribution in [0.4, 0.5) is 0 Å². The molecule has 0 radical (unpaired) electrons. The SMILES string of the molecule is O=C(O)Cc1ccc(C#CCCC2(C3CCCC3)CC(=O)CC(=O)O2)cc1. The summed E-state index contributed by atoms with van der Waals surface area (Å²) in [7, 11) is 0. The van der Waals surface area contributed by atoms with Crippen LogP contribution in [-0.4, -0.2) is 28.4 Å². The van der Waals surface area contributed by atoms with E-state index in [1.807, 2.05) is 12.1 Å². The van der Waals surface area contributed by atoms with Gasteiger partial charge in [-0.2, -0.15) is 0 Å². The Kier molecular flexibility index (Phi) is 5.95. The van der Waals surface area contributed by atoms with Crippen molar-refractivity contribution in [1.82, 2.24) is 0 Å². The fourth-order valence-corrected chi connectivity index (χ4v) is 4.20. The summed E-state index contributed by atoms with van der Waals surface area (Å²) in [6.07, 6.45) is 5.57. The van der Waals surface area contributed by atoms with Crippen LogP contribution in [0.5, 0.6) is 0 Å². The topological polar surface area (TPSA) is 80.7 Å². The normalized spacial score (nSPS) is 22.8. The van der Waals surface area contributed by atoms with Crippen LogP contribution in [0, 0.1) is 17.8 Å². The van der Waals surface area contributed by atoms with Gasteiger partial charge in [0.05, 0.1) is 6.42 Å². The van der Waals surface area contributed by atoms with Crippen LogP contribution in [-0.2, 0) is 25.5 Å². The number of carboxylic acids is 1. The van der Waals surface area contributed by atoms with E-state index in [2.05, 4.69) is 11.8 Å². The summed E-state index contributed by atoms with van der Waals surface area (Å²) in [5.74, 6) is 5.15. The van der Waals surface area contributed by atoms with Gasteiger partial charge in [-0.05, 0) is 42.9 Å². The number of esters is 1. The van der Waals surface area contributed by atoms with Crippen LogP contribution in [0.1, 0.15) is 62.5 Å². The third kappa shape index (κ3) is 4.97. The van der Waals surface area contributed by atoms with Gasteiger partial charge in [0.2, 0.25) is 0 Å². The Bertz CT molecular complexity index is 759. The molecule has 2 fully saturated rings. The molecule has 0 spiro atoms. The molecule has 1 atom stereocenters. The van der Waals surface area contributed by atoms with Gasteiger partial charge in [-0.1, -0.05) is 36.8 Å². The van der Waals surface area contributed by atoms with Crippen LogP contribution in [0.25, 0.3) is 0 Å². The van der Waals surface area contributed by atoms with E-state index in [-0.39, 0.29) is 24.5 Å². The number of hydrogen-bond donors (Lipinski definition) is 1. The zero-order valence-electron chi connectivity index (χ0n) is 15.3. The lowest BCUT2D eigenvalue weighted by molar-refractivity contribution is -0.178. The van der Waals surface area contributed by atoms with Crippen LogP contribution in [0.2, 0.25) is 0 Å². The number of cyclic esters (lactones) is 1. The van der Waals surface area contributed by atoms with Crippen molar-refractivity contribution in [3.63, 3.8) is 0 Å². The second kappa shape index (κ2) is 8.39. The maximum Gasteiger partial charge on any atom is 0.313 e. The van der Waals surface area contributed by atoms with Gasteiger partial charge in [0.1, 0.15) is 17.8 Å². The fourth-order valence-electron chi connectivity index (χ4n) is 4.20. The van der Waals surface area contributed by atoms with Gasteiger partial charge in [0.25, 0.3) is 0 Å². The Hall–Kier alpha value is -2.61. The minimum atomic E-state index is -0.859. The summed E-state index contributed by atoms with van der Waals surface area (Å²) in [5, 5.41) is 8.80. The van der Waals surface area contributed by atoms with E-state index < -0.39 is 17.5 Å². The number of carbonyl (C=O) groups excluding carboxylic acids is 2. The molecule has 1 heterocycles. The molecule has 0 bridgehead atoms. The Morgan fingerprint density at radius 3 is 2.52 bits per heavy atom. The lowest BCUT2D eigenvalue weighted by atomic mass is 9.76. The van der Waals surface area contributed by atoms with Crippen molar-refractivity contribution in [1.29, 1.82) is 0 Å². The first kappa shape index (κ1) is 19.2. The molecular weight excluding hydrogens is 344 g/mol. The highest BCUT2D eigenvalue weighted by atomic mass is 16.6. The lowest BCUT2D eigenvalue weighted by Gasteiger charge is -2.40. The molecule has 2 aliphatic rings. The molecule has 1 aromatic carbocycles. The molecule has 142 valence electrons. The summed E-state index contributed by atoms with van der Waals surface area (Å²) < 4.78 is 5.75. The number of aliphatic carboxylic acids is 1. The molecular formula is C22H24O5. The number of hydrogen-bond acceptors (Lipinski definition) is 4. The lowest BCUT2D eigenvalue weighted by Crippen LogP contribution is -2.47. The zero-order chi connectivity index (χ0) is 19.3. The van der Waals surface area contributed by atoms with Gasteiger partial charge < -0.3 is 9.84 Å². The average Bonchev–Trinajstić information content (AvgIpc) is 3.14. The summed E-state index contributed by atoms with van der Waals surface area (Å²) in [6.45, 7) is 0. The maximum atomic E-state index is 12.0. The molecule has 5 nitrogen and oxygen atoms in total. The van der Waals surface area contributed by atoms with E-state index in [0.29, 0.717) is 19.3 Å². The van der Waals surface area contributed by atoms with Crippen molar-refractivity contribution < 1.29 is 24.2 Å². The highest BCUT2D eigenvalue weighted by Crippen LogP contribution is 2.43. The number of carbonyl (C=O) groups is 3. The van der Waals surface area contributed by atoms with Gasteiger partial charge in [0.15, 0.2) is 0 Å². The van der Waals surface area contributed by atoms with Crippen molar-refractivity contribution >= 4 is 17.7 Å². The monoisotopic (exact) mass is 368 g/mol. The Morgan fingerprint density at radius 1 is 1.19 bits per heavy atom. The molecule has 1 aliphatic heterocycles. The Morgan fingerprint density at radius 2 is 1.89 bits per heavy atom. The van der Waals surface area contributed by atoms with Gasteiger partial charge >= 0.3 is 11.9 Å². The van der Waals surface area contributed by atoms with E-state index in [4.69, 9.17) is 9.84 Å². The number of benzene rings is 1. The van der Waals surface area contributed by atoms with E-state index in [9.17, 15) is 14.4 Å². The number of ketones is 1. The van der Waals surface area contributed by atoms with Gasteiger partial charge in [-0.3, -0.25) is 14.4 Å². The average molecular weight is 368 g/mol. The van der Waals surface area contributed by atoms with E-state index in [1.54, 1.807) is 12.1 Å². The van der Waals surface area contributed by atoms with Gasteiger partial charge in [0, 0.05) is 18.4 Å². The molecule has 1 N–H and O–H groups in total. The molecule has 1 aliphatic carbocycles. The summed E-state index contributed by atoms with van der Waals surface area (Å²) in [5.41, 5.74) is 0.875. The first-order valence-corrected chi connectivity index (χ1v) is 9.50. The number of carboxylic acid groups (broad SMARTS) is 1. The Labute approximate surface area is 159 Å². The number of Topliss-reactive ketones (excluding diaryl/α,β-unsaturated/α-hetero) is 1. The zero-order valence-corrected chi connectivity index (χ0v) is 15.3. The summed E-state index contributed by atoms with van der Waals surface area (Å²) in [6, 6.07) is 7.14. The predicted molar refractivity (Wildman–Crippen MR) is 98.9 cm³/mol. The van der Waals surface area contributed by atoms with Crippen molar-refractivity contribution in [2.75, 3.05) is 0 Å². The minimum absolute atomic E-state index is 0.00296. The molecule has 27 heavy (non-hydrogen) atoms. The van der Waals surface area contributed by atoms with Crippen molar-refractivity contribution in [3.8, 4) is 11.8 Å². The molecule has 1 unspecified atom stereocenters. The third-order valence-corrected chi connectivity index (χ3v) is 5.47. The van der Waals surface area contributed by atoms with Crippen molar-refractivity contribution in [2.45, 2.75) is 63.4 Å². The summed E-state index contributed by atoms with van der Waals surface area (Å²) in [4.78, 5) is 34.6. The first-order valence-electron chi connectivity index (χ1n) is 9.50. The van der Waals surface area contributed by atoms with Crippen LogP contribution in [0.15, 0.2) is 24.3 Å². The van der Waals surface area contributed by atoms with Gasteiger partial charge in [-0.15, -0.1) is 0 Å². The maximum absolute atomic E-state index is 12.0. The van der Waals surface area contributed by atoms with Crippen LogP contribution >= 0.6 is 0 Å². The standard InChI is InChI=1S/C22H24O5/c23-19-14-21(26)27-22(15-19,18-6-1-2-7-18)12-4-3-5-16-8-10-17(11-9-16)13-20(24)25/h8-11,18H,1-2,4,6-7,12-15H2,(H,24,25). The molecule has 0 aromatic heterocycles. The fraction of sp³-hybridized carbons (Fsp3) is 0.500. The number of rotatable bonds is 5. The van der Waals surface area contributed by atoms with Crippen LogP contribution in [0.3, 0.4) is 0 Å². The quantitative estimate of drug-likeness (QED) is 0.490. The van der Waals surface area contributed by atoms with Crippen LogP contribution < -0.4 is 0 Å². The predicted octanol–water partition coefficient (Wildman–Crippen LogP) is 3.28. The Balaban J connectivity index is 1.64. The molecule has 0 amide bonds. The van der Waals surface area contributed by atoms with E-state index in [0.717, 1.165) is 36.8 Å². The molecule has 1 saturated carbocycles. The summed E-state index contributed by atoms with van der Waals surface area (Å²) >= 11 is 0. The van der Waals surface area contributed by atoms with E-state index in [1.165, 1.54) is 0 Å². The van der Waals surface area contributed by atoms with E-state index >= 15 is 0 Å². The molecule has 5 heteroatoms. The highest BCUT2D eigenvalue weighted by Gasteiger charge is 2.47. The van der Waals surface area contributed by atoms with Crippen molar-refractivity contribution in [3.05, 3.63) is 35.4 Å². The third-order valence-electron chi connectivity index (χ3n) is 5.47.